The van der Waals surface area contributed by atoms with Gasteiger partial charge in [-0.25, -0.2) is 0 Å². The van der Waals surface area contributed by atoms with Gasteiger partial charge in [0.1, 0.15) is 11.7 Å². The predicted molar refractivity (Wildman–Crippen MR) is 84.7 cm³/mol. The van der Waals surface area contributed by atoms with Crippen LogP contribution >= 0.6 is 0 Å². The molecule has 1 saturated heterocycles. The number of nitrogens with one attached hydrogen (secondary N) is 1. The number of hydrogen-bond donors (Lipinski definition) is 1. The molecule has 114 valence electrons. The Balaban J connectivity index is 1.79. The van der Waals surface area contributed by atoms with E-state index in [-0.39, 0.29) is 11.7 Å². The summed E-state index contributed by atoms with van der Waals surface area (Å²) in [5, 5.41) is 3.61. The van der Waals surface area contributed by atoms with E-state index in [0.29, 0.717) is 11.9 Å². The van der Waals surface area contributed by atoms with Crippen molar-refractivity contribution in [3.05, 3.63) is 35.9 Å². The van der Waals surface area contributed by atoms with E-state index in [1.54, 1.807) is 0 Å². The maximum Gasteiger partial charge on any atom is 0.244 e. The summed E-state index contributed by atoms with van der Waals surface area (Å²) in [7, 11) is 0. The van der Waals surface area contributed by atoms with Crippen LogP contribution in [0.2, 0.25) is 0 Å². The molecule has 1 saturated carbocycles. The smallest absolute Gasteiger partial charge is 0.244 e. The van der Waals surface area contributed by atoms with Crippen LogP contribution in [0, 0.1) is 0 Å². The van der Waals surface area contributed by atoms with E-state index < -0.39 is 0 Å². The van der Waals surface area contributed by atoms with Gasteiger partial charge in [-0.2, -0.15) is 0 Å². The first-order valence-electron chi connectivity index (χ1n) is 8.33. The van der Waals surface area contributed by atoms with E-state index in [1.807, 2.05) is 6.07 Å². The minimum atomic E-state index is -0.237. The molecule has 1 aliphatic carbocycles. The molecule has 0 bridgehead atoms. The van der Waals surface area contributed by atoms with Crippen LogP contribution in [-0.4, -0.2) is 22.4 Å². The highest BCUT2D eigenvalue weighted by molar-refractivity contribution is 5.92. The lowest BCUT2D eigenvalue weighted by Crippen LogP contribution is -2.38. The quantitative estimate of drug-likeness (QED) is 0.810. The highest BCUT2D eigenvalue weighted by Crippen LogP contribution is 2.47. The number of amides is 1. The van der Waals surface area contributed by atoms with Crippen LogP contribution in [0.25, 0.3) is 0 Å². The van der Waals surface area contributed by atoms with Crippen LogP contribution in [0.1, 0.15) is 64.1 Å². The Hall–Kier alpha value is -1.35. The molecule has 3 rings (SSSR count). The van der Waals surface area contributed by atoms with Gasteiger partial charge < -0.3 is 4.90 Å². The fraction of sp³-hybridized carbons (Fsp3) is 0.611. The zero-order chi connectivity index (χ0) is 14.9. The van der Waals surface area contributed by atoms with Crippen molar-refractivity contribution < 1.29 is 4.79 Å². The zero-order valence-corrected chi connectivity index (χ0v) is 13.1. The first-order valence-corrected chi connectivity index (χ1v) is 8.33. The first kappa shape index (κ1) is 14.6. The summed E-state index contributed by atoms with van der Waals surface area (Å²) in [5.74, 6) is 0.320. The molecule has 1 heterocycles. The monoisotopic (exact) mass is 286 g/mol. The second-order valence-corrected chi connectivity index (χ2v) is 6.60. The SMILES string of the molecule is CCCCCC(C)N1C(=O)C2(CC2)NC1c1ccccc1. The Morgan fingerprint density at radius 2 is 2.00 bits per heavy atom. The number of nitrogens with zero attached hydrogens (tertiary/aromatic N) is 1. The number of carbonyl (C=O) groups excluding carboxylic acids is 1. The molecule has 2 fully saturated rings. The third-order valence-electron chi connectivity index (χ3n) is 4.90. The van der Waals surface area contributed by atoms with Crippen molar-refractivity contribution >= 4 is 5.91 Å². The summed E-state index contributed by atoms with van der Waals surface area (Å²) < 4.78 is 0. The molecule has 1 spiro atoms. The second-order valence-electron chi connectivity index (χ2n) is 6.60. The molecule has 2 atom stereocenters. The Morgan fingerprint density at radius 1 is 1.29 bits per heavy atom. The fourth-order valence-electron chi connectivity index (χ4n) is 3.40. The van der Waals surface area contributed by atoms with Gasteiger partial charge in [0.15, 0.2) is 0 Å². The van der Waals surface area contributed by atoms with Crippen molar-refractivity contribution in [3.63, 3.8) is 0 Å². The van der Waals surface area contributed by atoms with Gasteiger partial charge in [0.05, 0.1) is 0 Å². The summed E-state index contributed by atoms with van der Waals surface area (Å²) in [6.07, 6.45) is 6.82. The fourth-order valence-corrected chi connectivity index (χ4v) is 3.40. The molecular weight excluding hydrogens is 260 g/mol. The van der Waals surface area contributed by atoms with Gasteiger partial charge in [-0.1, -0.05) is 56.5 Å². The number of unbranched alkanes of at least 4 members (excludes halogenated alkanes) is 2. The van der Waals surface area contributed by atoms with E-state index >= 15 is 0 Å². The topological polar surface area (TPSA) is 32.3 Å². The molecule has 3 nitrogen and oxygen atoms in total. The van der Waals surface area contributed by atoms with Gasteiger partial charge in [0.2, 0.25) is 5.91 Å². The van der Waals surface area contributed by atoms with E-state index in [1.165, 1.54) is 24.8 Å². The molecule has 0 aromatic heterocycles. The largest absolute Gasteiger partial charge is 0.319 e. The van der Waals surface area contributed by atoms with Crippen molar-refractivity contribution in [2.75, 3.05) is 0 Å². The van der Waals surface area contributed by atoms with E-state index in [4.69, 9.17) is 0 Å². The van der Waals surface area contributed by atoms with E-state index in [0.717, 1.165) is 19.3 Å². The van der Waals surface area contributed by atoms with Gasteiger partial charge in [-0.05, 0) is 31.7 Å². The Labute approximate surface area is 127 Å². The molecule has 2 aliphatic rings. The summed E-state index contributed by atoms with van der Waals surface area (Å²) in [4.78, 5) is 14.9. The average Bonchev–Trinajstić information content (AvgIpc) is 3.22. The molecule has 1 N–H and O–H groups in total. The Bertz CT molecular complexity index is 495. The van der Waals surface area contributed by atoms with Crippen molar-refractivity contribution in [1.29, 1.82) is 0 Å². The van der Waals surface area contributed by atoms with Crippen LogP contribution in [-0.2, 0) is 4.79 Å². The lowest BCUT2D eigenvalue weighted by atomic mass is 10.1. The number of hydrogen-bond acceptors (Lipinski definition) is 2. The molecule has 1 amide bonds. The van der Waals surface area contributed by atoms with E-state index in [9.17, 15) is 4.79 Å². The molecule has 1 aromatic carbocycles. The van der Waals surface area contributed by atoms with E-state index in [2.05, 4.69) is 48.3 Å². The highest BCUT2D eigenvalue weighted by Gasteiger charge is 2.60. The molecule has 0 radical (unpaired) electrons. The third-order valence-corrected chi connectivity index (χ3v) is 4.90. The standard InChI is InChI=1S/C18H26N2O/c1-3-4-6-9-14(2)20-16(15-10-7-5-8-11-15)19-18(12-13-18)17(20)21/h5,7-8,10-11,14,16,19H,3-4,6,9,12-13H2,1-2H3. The molecule has 3 heteroatoms. The van der Waals surface area contributed by atoms with Crippen molar-refractivity contribution in [2.45, 2.75) is 70.1 Å². The van der Waals surface area contributed by atoms with Crippen molar-refractivity contribution in [1.82, 2.24) is 10.2 Å². The molecule has 1 aliphatic heterocycles. The maximum absolute atomic E-state index is 12.8. The van der Waals surface area contributed by atoms with Crippen LogP contribution < -0.4 is 5.32 Å². The zero-order valence-electron chi connectivity index (χ0n) is 13.1. The Morgan fingerprint density at radius 3 is 2.62 bits per heavy atom. The van der Waals surface area contributed by atoms with Gasteiger partial charge in [-0.15, -0.1) is 0 Å². The van der Waals surface area contributed by atoms with Gasteiger partial charge >= 0.3 is 0 Å². The summed E-state index contributed by atoms with van der Waals surface area (Å²) in [6, 6.07) is 10.7. The minimum absolute atomic E-state index is 0.0535. The molecular formula is C18H26N2O. The van der Waals surface area contributed by atoms with Crippen molar-refractivity contribution in [2.24, 2.45) is 0 Å². The van der Waals surface area contributed by atoms with Gasteiger partial charge in [0.25, 0.3) is 0 Å². The summed E-state index contributed by atoms with van der Waals surface area (Å²) in [6.45, 7) is 4.42. The number of benzene rings is 1. The summed E-state index contributed by atoms with van der Waals surface area (Å²) >= 11 is 0. The Kier molecular flexibility index (Phi) is 4.03. The lowest BCUT2D eigenvalue weighted by Gasteiger charge is -2.30. The predicted octanol–water partition coefficient (Wildman–Crippen LogP) is 3.62. The number of carbonyl (C=O) groups is 1. The second kappa shape index (κ2) is 5.80. The molecule has 1 aromatic rings. The maximum atomic E-state index is 12.8. The van der Waals surface area contributed by atoms with Gasteiger partial charge in [-0.3, -0.25) is 10.1 Å². The van der Waals surface area contributed by atoms with Gasteiger partial charge in [0, 0.05) is 6.04 Å². The van der Waals surface area contributed by atoms with Crippen LogP contribution in [0.15, 0.2) is 30.3 Å². The third kappa shape index (κ3) is 2.71. The summed E-state index contributed by atoms with van der Waals surface area (Å²) in [5.41, 5.74) is 0.969. The normalized spacial score (nSPS) is 24.6. The highest BCUT2D eigenvalue weighted by atomic mass is 16.2. The average molecular weight is 286 g/mol. The van der Waals surface area contributed by atoms with Crippen molar-refractivity contribution in [3.8, 4) is 0 Å². The van der Waals surface area contributed by atoms with Crippen LogP contribution in [0.3, 0.4) is 0 Å². The lowest BCUT2D eigenvalue weighted by molar-refractivity contribution is -0.132. The van der Waals surface area contributed by atoms with Crippen LogP contribution in [0.4, 0.5) is 0 Å². The van der Waals surface area contributed by atoms with Crippen LogP contribution in [0.5, 0.6) is 0 Å². The minimum Gasteiger partial charge on any atom is -0.319 e. The molecule has 2 unspecified atom stereocenters. The molecule has 21 heavy (non-hydrogen) atoms. The first-order chi connectivity index (χ1) is 10.2. The number of rotatable bonds is 6.